The third-order valence-corrected chi connectivity index (χ3v) is 4.91. The van der Waals surface area contributed by atoms with Crippen molar-refractivity contribution in [3.63, 3.8) is 0 Å². The SMILES string of the molecule is CC(Nc1ccc(NC(=O)c2cccs2)cc1)c1nc(C2CC2)no1. The highest BCUT2D eigenvalue weighted by Gasteiger charge is 2.29. The second kappa shape index (κ2) is 6.68. The summed E-state index contributed by atoms with van der Waals surface area (Å²) in [4.78, 5) is 17.2. The van der Waals surface area contributed by atoms with Crippen molar-refractivity contribution in [3.8, 4) is 0 Å². The number of carbonyl (C=O) groups is 1. The predicted molar refractivity (Wildman–Crippen MR) is 97.0 cm³/mol. The first-order valence-electron chi connectivity index (χ1n) is 8.24. The van der Waals surface area contributed by atoms with Crippen LogP contribution in [0.2, 0.25) is 0 Å². The molecule has 1 aliphatic rings. The Hall–Kier alpha value is -2.67. The van der Waals surface area contributed by atoms with Crippen LogP contribution in [-0.4, -0.2) is 16.0 Å². The third-order valence-electron chi connectivity index (χ3n) is 4.04. The minimum atomic E-state index is -0.0949. The van der Waals surface area contributed by atoms with Crippen LogP contribution in [0.4, 0.5) is 11.4 Å². The van der Waals surface area contributed by atoms with Gasteiger partial charge in [-0.2, -0.15) is 4.98 Å². The second-order valence-electron chi connectivity index (χ2n) is 6.14. The molecule has 0 radical (unpaired) electrons. The highest BCUT2D eigenvalue weighted by molar-refractivity contribution is 7.12. The standard InChI is InChI=1S/C18H18N4O2S/c1-11(18-21-16(22-24-18)12-4-5-12)19-13-6-8-14(9-7-13)20-17(23)15-3-2-10-25-15/h2-3,6-12,19H,4-5H2,1H3,(H,20,23). The number of anilines is 2. The number of carbonyl (C=O) groups excluding carboxylic acids is 1. The maximum atomic E-state index is 12.0. The smallest absolute Gasteiger partial charge is 0.265 e. The van der Waals surface area contributed by atoms with Crippen LogP contribution in [0.25, 0.3) is 0 Å². The molecule has 1 atom stereocenters. The summed E-state index contributed by atoms with van der Waals surface area (Å²) in [6, 6.07) is 11.1. The molecule has 1 amide bonds. The van der Waals surface area contributed by atoms with Crippen molar-refractivity contribution in [2.75, 3.05) is 10.6 Å². The van der Waals surface area contributed by atoms with Gasteiger partial charge in [0, 0.05) is 17.3 Å². The Labute approximate surface area is 149 Å². The molecule has 1 fully saturated rings. The minimum absolute atomic E-state index is 0.0773. The average molecular weight is 354 g/mol. The van der Waals surface area contributed by atoms with Crippen LogP contribution >= 0.6 is 11.3 Å². The van der Waals surface area contributed by atoms with Crippen LogP contribution in [0.15, 0.2) is 46.3 Å². The Morgan fingerprint density at radius 1 is 1.24 bits per heavy atom. The van der Waals surface area contributed by atoms with Crippen molar-refractivity contribution >= 4 is 28.6 Å². The molecule has 0 saturated heterocycles. The van der Waals surface area contributed by atoms with Crippen LogP contribution in [-0.2, 0) is 0 Å². The van der Waals surface area contributed by atoms with Crippen LogP contribution in [0.5, 0.6) is 0 Å². The maximum absolute atomic E-state index is 12.0. The van der Waals surface area contributed by atoms with Gasteiger partial charge in [0.25, 0.3) is 5.91 Å². The molecular weight excluding hydrogens is 336 g/mol. The molecule has 6 nitrogen and oxygen atoms in total. The highest BCUT2D eigenvalue weighted by Crippen LogP contribution is 2.38. The molecule has 2 heterocycles. The van der Waals surface area contributed by atoms with Crippen LogP contribution < -0.4 is 10.6 Å². The number of thiophene rings is 1. The Kier molecular flexibility index (Phi) is 4.23. The molecule has 2 N–H and O–H groups in total. The van der Waals surface area contributed by atoms with Gasteiger partial charge in [-0.3, -0.25) is 4.79 Å². The summed E-state index contributed by atoms with van der Waals surface area (Å²) in [5.74, 6) is 1.80. The molecule has 128 valence electrons. The van der Waals surface area contributed by atoms with Gasteiger partial charge in [-0.25, -0.2) is 0 Å². The molecule has 1 aromatic carbocycles. The van der Waals surface area contributed by atoms with Gasteiger partial charge in [0.1, 0.15) is 6.04 Å². The molecule has 1 saturated carbocycles. The van der Waals surface area contributed by atoms with Gasteiger partial charge in [-0.15, -0.1) is 11.3 Å². The Bertz CT molecular complexity index is 854. The van der Waals surface area contributed by atoms with E-state index in [1.54, 1.807) is 6.07 Å². The van der Waals surface area contributed by atoms with Crippen LogP contribution in [0.3, 0.4) is 0 Å². The fourth-order valence-electron chi connectivity index (χ4n) is 2.49. The first kappa shape index (κ1) is 15.8. The van der Waals surface area contributed by atoms with Crippen molar-refractivity contribution < 1.29 is 9.32 Å². The molecule has 1 aliphatic carbocycles. The molecule has 0 aliphatic heterocycles. The van der Waals surface area contributed by atoms with Gasteiger partial charge >= 0.3 is 0 Å². The lowest BCUT2D eigenvalue weighted by molar-refractivity contribution is 0.103. The van der Waals surface area contributed by atoms with Crippen LogP contribution in [0, 0.1) is 0 Å². The van der Waals surface area contributed by atoms with E-state index in [1.165, 1.54) is 11.3 Å². The highest BCUT2D eigenvalue weighted by atomic mass is 32.1. The van der Waals surface area contributed by atoms with Crippen LogP contribution in [0.1, 0.15) is 53.1 Å². The molecule has 1 unspecified atom stereocenters. The molecule has 0 bridgehead atoms. The van der Waals surface area contributed by atoms with E-state index in [0.29, 0.717) is 16.7 Å². The Morgan fingerprint density at radius 3 is 2.68 bits per heavy atom. The Morgan fingerprint density at radius 2 is 2.00 bits per heavy atom. The van der Waals surface area contributed by atoms with E-state index in [4.69, 9.17) is 4.52 Å². The molecule has 4 rings (SSSR count). The zero-order valence-corrected chi connectivity index (χ0v) is 14.5. The minimum Gasteiger partial charge on any atom is -0.374 e. The summed E-state index contributed by atoms with van der Waals surface area (Å²) < 4.78 is 5.34. The number of aromatic nitrogens is 2. The number of benzene rings is 1. The van der Waals surface area contributed by atoms with E-state index in [0.717, 1.165) is 30.0 Å². The van der Waals surface area contributed by atoms with Crippen molar-refractivity contribution in [2.45, 2.75) is 31.7 Å². The number of nitrogens with zero attached hydrogens (tertiary/aromatic N) is 2. The molecule has 0 spiro atoms. The number of hydrogen-bond acceptors (Lipinski definition) is 6. The summed E-state index contributed by atoms with van der Waals surface area (Å²) in [5.41, 5.74) is 1.68. The number of nitrogens with one attached hydrogen (secondary N) is 2. The number of hydrogen-bond donors (Lipinski definition) is 2. The van der Waals surface area contributed by atoms with Gasteiger partial charge in [0.05, 0.1) is 4.88 Å². The van der Waals surface area contributed by atoms with Gasteiger partial charge < -0.3 is 15.2 Å². The topological polar surface area (TPSA) is 80.0 Å². The van der Waals surface area contributed by atoms with Crippen molar-refractivity contribution in [2.24, 2.45) is 0 Å². The summed E-state index contributed by atoms with van der Waals surface area (Å²) in [6.07, 6.45) is 2.30. The first-order valence-corrected chi connectivity index (χ1v) is 9.12. The number of rotatable bonds is 6. The fourth-order valence-corrected chi connectivity index (χ4v) is 3.11. The second-order valence-corrected chi connectivity index (χ2v) is 7.09. The zero-order valence-electron chi connectivity index (χ0n) is 13.7. The summed E-state index contributed by atoms with van der Waals surface area (Å²) in [5, 5.41) is 12.1. The van der Waals surface area contributed by atoms with Gasteiger partial charge in [-0.1, -0.05) is 11.2 Å². The lowest BCUT2D eigenvalue weighted by Crippen LogP contribution is -2.10. The van der Waals surface area contributed by atoms with Gasteiger partial charge in [-0.05, 0) is 55.5 Å². The van der Waals surface area contributed by atoms with Crippen molar-refractivity contribution in [1.82, 2.24) is 10.1 Å². The summed E-state index contributed by atoms with van der Waals surface area (Å²) in [7, 11) is 0. The molecule has 25 heavy (non-hydrogen) atoms. The van der Waals surface area contributed by atoms with Crippen molar-refractivity contribution in [1.29, 1.82) is 0 Å². The van der Waals surface area contributed by atoms with E-state index < -0.39 is 0 Å². The normalized spacial score (nSPS) is 14.9. The molecular formula is C18H18N4O2S. The van der Waals surface area contributed by atoms with E-state index in [2.05, 4.69) is 20.8 Å². The summed E-state index contributed by atoms with van der Waals surface area (Å²) >= 11 is 1.42. The van der Waals surface area contributed by atoms with E-state index in [-0.39, 0.29) is 11.9 Å². The average Bonchev–Trinajstić information content (AvgIpc) is 3.13. The van der Waals surface area contributed by atoms with E-state index >= 15 is 0 Å². The summed E-state index contributed by atoms with van der Waals surface area (Å²) in [6.45, 7) is 1.98. The lowest BCUT2D eigenvalue weighted by atomic mass is 10.2. The van der Waals surface area contributed by atoms with Crippen molar-refractivity contribution in [3.05, 3.63) is 58.4 Å². The maximum Gasteiger partial charge on any atom is 0.265 e. The van der Waals surface area contributed by atoms with Gasteiger partial charge in [0.2, 0.25) is 5.89 Å². The third kappa shape index (κ3) is 3.71. The largest absolute Gasteiger partial charge is 0.374 e. The van der Waals surface area contributed by atoms with Gasteiger partial charge in [0.15, 0.2) is 5.82 Å². The van der Waals surface area contributed by atoms with E-state index in [1.807, 2.05) is 42.6 Å². The molecule has 3 aromatic rings. The molecule has 7 heteroatoms. The monoisotopic (exact) mass is 354 g/mol. The zero-order chi connectivity index (χ0) is 17.2. The fraction of sp³-hybridized carbons (Fsp3) is 0.278. The first-order chi connectivity index (χ1) is 12.2. The molecule has 2 aromatic heterocycles. The number of amides is 1. The quantitative estimate of drug-likeness (QED) is 0.684. The Balaban J connectivity index is 1.37. The predicted octanol–water partition coefficient (Wildman–Crippen LogP) is 4.43. The van der Waals surface area contributed by atoms with E-state index in [9.17, 15) is 4.79 Å². The lowest BCUT2D eigenvalue weighted by Gasteiger charge is -2.12.